The minimum absolute atomic E-state index is 0.811. The van der Waals surface area contributed by atoms with Crippen LogP contribution < -0.4 is 4.74 Å². The topological polar surface area (TPSA) is 39.9 Å². The highest BCUT2D eigenvalue weighted by Crippen LogP contribution is 2.29. The summed E-state index contributed by atoms with van der Waals surface area (Å²) in [4.78, 5) is 0. The molecule has 0 aliphatic rings. The van der Waals surface area contributed by atoms with Gasteiger partial charge in [-0.15, -0.1) is 10.2 Å². The average Bonchev–Trinajstić information content (AvgIpc) is 2.77. The van der Waals surface area contributed by atoms with Gasteiger partial charge in [-0.2, -0.15) is 0 Å². The molecule has 0 fully saturated rings. The summed E-state index contributed by atoms with van der Waals surface area (Å²) in [6.45, 7) is 2.91. The van der Waals surface area contributed by atoms with Gasteiger partial charge < -0.3 is 9.30 Å². The van der Waals surface area contributed by atoms with Crippen LogP contribution in [0.1, 0.15) is 6.92 Å². The number of ether oxygens (including phenoxy) is 1. The Morgan fingerprint density at radius 2 is 2.25 bits per heavy atom. The number of halogens is 1. The average molecular weight is 282 g/mol. The lowest BCUT2D eigenvalue weighted by Crippen LogP contribution is -1.96. The Morgan fingerprint density at radius 3 is 2.88 bits per heavy atom. The zero-order valence-electron chi connectivity index (χ0n) is 9.14. The first-order valence-electron chi connectivity index (χ1n) is 4.98. The number of methoxy groups -OCH3 is 1. The first-order valence-corrected chi connectivity index (χ1v) is 5.77. The molecule has 0 aliphatic heterocycles. The molecular formula is C11H12BrN3O. The van der Waals surface area contributed by atoms with Crippen molar-refractivity contribution in [3.05, 3.63) is 29.0 Å². The van der Waals surface area contributed by atoms with E-state index in [1.54, 1.807) is 13.4 Å². The maximum Gasteiger partial charge on any atom is 0.163 e. The number of hydrogen-bond acceptors (Lipinski definition) is 3. The van der Waals surface area contributed by atoms with Gasteiger partial charge in [0.05, 0.1) is 11.6 Å². The Hall–Kier alpha value is -1.36. The maximum absolute atomic E-state index is 5.18. The summed E-state index contributed by atoms with van der Waals surface area (Å²) < 4.78 is 8.09. The molecule has 0 saturated heterocycles. The third-order valence-corrected chi connectivity index (χ3v) is 2.99. The third-order valence-electron chi connectivity index (χ3n) is 2.37. The summed E-state index contributed by atoms with van der Waals surface area (Å²) in [6, 6.07) is 5.86. The van der Waals surface area contributed by atoms with E-state index in [4.69, 9.17) is 4.74 Å². The highest BCUT2D eigenvalue weighted by atomic mass is 79.9. The highest BCUT2D eigenvalue weighted by molar-refractivity contribution is 9.10. The van der Waals surface area contributed by atoms with Gasteiger partial charge in [0.1, 0.15) is 12.1 Å². The fourth-order valence-corrected chi connectivity index (χ4v) is 2.06. The molecular weight excluding hydrogens is 270 g/mol. The summed E-state index contributed by atoms with van der Waals surface area (Å²) in [5, 5.41) is 8.01. The van der Waals surface area contributed by atoms with Crippen LogP contribution in [0.2, 0.25) is 0 Å². The molecule has 1 aromatic carbocycles. The van der Waals surface area contributed by atoms with E-state index in [2.05, 4.69) is 33.1 Å². The lowest BCUT2D eigenvalue weighted by atomic mass is 10.2. The van der Waals surface area contributed by atoms with E-state index in [1.165, 1.54) is 0 Å². The van der Waals surface area contributed by atoms with Crippen LogP contribution >= 0.6 is 15.9 Å². The van der Waals surface area contributed by atoms with Crippen LogP contribution in [0, 0.1) is 0 Å². The van der Waals surface area contributed by atoms with Crippen LogP contribution in [-0.2, 0) is 6.54 Å². The monoisotopic (exact) mass is 281 g/mol. The van der Waals surface area contributed by atoms with Crippen LogP contribution in [0.5, 0.6) is 5.75 Å². The third kappa shape index (κ3) is 1.95. The van der Waals surface area contributed by atoms with E-state index in [0.29, 0.717) is 0 Å². The molecule has 4 nitrogen and oxygen atoms in total. The molecule has 5 heteroatoms. The van der Waals surface area contributed by atoms with Gasteiger partial charge in [0.25, 0.3) is 0 Å². The van der Waals surface area contributed by atoms with E-state index in [1.807, 2.05) is 22.8 Å². The Kier molecular flexibility index (Phi) is 3.24. The van der Waals surface area contributed by atoms with Crippen molar-refractivity contribution in [2.45, 2.75) is 13.5 Å². The van der Waals surface area contributed by atoms with Gasteiger partial charge in [0.15, 0.2) is 5.82 Å². The molecule has 1 aromatic heterocycles. The molecule has 0 radical (unpaired) electrons. The van der Waals surface area contributed by atoms with E-state index in [9.17, 15) is 0 Å². The van der Waals surface area contributed by atoms with Crippen molar-refractivity contribution < 1.29 is 4.74 Å². The molecule has 0 spiro atoms. The lowest BCUT2D eigenvalue weighted by molar-refractivity contribution is 0.412. The lowest BCUT2D eigenvalue weighted by Gasteiger charge is -2.06. The summed E-state index contributed by atoms with van der Waals surface area (Å²) in [5.74, 6) is 1.68. The molecule has 16 heavy (non-hydrogen) atoms. The fraction of sp³-hybridized carbons (Fsp3) is 0.273. The molecule has 84 valence electrons. The van der Waals surface area contributed by atoms with Crippen molar-refractivity contribution in [3.8, 4) is 17.1 Å². The number of hydrogen-bond donors (Lipinski definition) is 0. The molecule has 0 unspecified atom stereocenters. The van der Waals surface area contributed by atoms with Gasteiger partial charge >= 0.3 is 0 Å². The smallest absolute Gasteiger partial charge is 0.163 e. The molecule has 2 rings (SSSR count). The number of rotatable bonds is 3. The Labute approximate surface area is 102 Å². The van der Waals surface area contributed by atoms with E-state index < -0.39 is 0 Å². The summed E-state index contributed by atoms with van der Waals surface area (Å²) in [7, 11) is 1.65. The highest BCUT2D eigenvalue weighted by Gasteiger charge is 2.08. The summed E-state index contributed by atoms with van der Waals surface area (Å²) in [6.07, 6.45) is 1.73. The Morgan fingerprint density at radius 1 is 1.44 bits per heavy atom. The first kappa shape index (κ1) is 11.1. The van der Waals surface area contributed by atoms with Crippen LogP contribution in [0.15, 0.2) is 29.0 Å². The largest absolute Gasteiger partial charge is 0.496 e. The predicted octanol–water partition coefficient (Wildman–Crippen LogP) is 2.74. The van der Waals surface area contributed by atoms with Gasteiger partial charge in [0.2, 0.25) is 0 Å². The molecule has 2 aromatic rings. The van der Waals surface area contributed by atoms with Crippen molar-refractivity contribution in [2.75, 3.05) is 7.11 Å². The van der Waals surface area contributed by atoms with Crippen molar-refractivity contribution in [1.82, 2.24) is 14.8 Å². The number of benzene rings is 1. The Balaban J connectivity index is 2.45. The first-order chi connectivity index (χ1) is 7.76. The summed E-state index contributed by atoms with van der Waals surface area (Å²) in [5.41, 5.74) is 1.02. The molecule has 0 N–H and O–H groups in total. The predicted molar refractivity (Wildman–Crippen MR) is 65.4 cm³/mol. The molecule has 1 heterocycles. The van der Waals surface area contributed by atoms with Crippen LogP contribution in [0.3, 0.4) is 0 Å². The van der Waals surface area contributed by atoms with Gasteiger partial charge in [0, 0.05) is 12.1 Å². The van der Waals surface area contributed by atoms with Crippen molar-refractivity contribution in [3.63, 3.8) is 0 Å². The zero-order valence-corrected chi connectivity index (χ0v) is 10.7. The standard InChI is InChI=1S/C11H12BrN3O/c1-3-15-7-13-14-11(15)8-4-5-10(16-2)9(12)6-8/h4-7H,3H2,1-2H3. The van der Waals surface area contributed by atoms with Crippen LogP contribution in [0.4, 0.5) is 0 Å². The maximum atomic E-state index is 5.18. The Bertz CT molecular complexity index is 496. The number of nitrogens with zero attached hydrogens (tertiary/aromatic N) is 3. The zero-order chi connectivity index (χ0) is 11.5. The molecule has 0 atom stereocenters. The second kappa shape index (κ2) is 4.65. The molecule has 0 bridgehead atoms. The van der Waals surface area contributed by atoms with Gasteiger partial charge in [-0.3, -0.25) is 0 Å². The number of aromatic nitrogens is 3. The fourth-order valence-electron chi connectivity index (χ4n) is 1.52. The van der Waals surface area contributed by atoms with Gasteiger partial charge in [-0.1, -0.05) is 0 Å². The second-order valence-corrected chi connectivity index (χ2v) is 4.14. The SMILES string of the molecule is CCn1cnnc1-c1ccc(OC)c(Br)c1. The van der Waals surface area contributed by atoms with Crippen LogP contribution in [-0.4, -0.2) is 21.9 Å². The normalized spacial score (nSPS) is 10.4. The quantitative estimate of drug-likeness (QED) is 0.869. The second-order valence-electron chi connectivity index (χ2n) is 3.29. The minimum Gasteiger partial charge on any atom is -0.496 e. The molecule has 0 amide bonds. The summed E-state index contributed by atoms with van der Waals surface area (Å²) >= 11 is 3.46. The van der Waals surface area contributed by atoms with Crippen molar-refractivity contribution in [1.29, 1.82) is 0 Å². The van der Waals surface area contributed by atoms with E-state index in [0.717, 1.165) is 28.2 Å². The van der Waals surface area contributed by atoms with E-state index in [-0.39, 0.29) is 0 Å². The van der Waals surface area contributed by atoms with E-state index >= 15 is 0 Å². The van der Waals surface area contributed by atoms with Gasteiger partial charge in [-0.05, 0) is 41.1 Å². The number of aryl methyl sites for hydroxylation is 1. The minimum atomic E-state index is 0.811. The van der Waals surface area contributed by atoms with Crippen LogP contribution in [0.25, 0.3) is 11.4 Å². The molecule has 0 saturated carbocycles. The van der Waals surface area contributed by atoms with Crippen molar-refractivity contribution in [2.24, 2.45) is 0 Å². The molecule has 0 aliphatic carbocycles. The van der Waals surface area contributed by atoms with Crippen molar-refractivity contribution >= 4 is 15.9 Å². The van der Waals surface area contributed by atoms with Gasteiger partial charge in [-0.25, -0.2) is 0 Å².